The van der Waals surface area contributed by atoms with Gasteiger partial charge in [-0.3, -0.25) is 4.98 Å². The Hall–Kier alpha value is -0.970. The Bertz CT molecular complexity index is 400. The van der Waals surface area contributed by atoms with Gasteiger partial charge in [-0.2, -0.15) is 0 Å². The van der Waals surface area contributed by atoms with Gasteiger partial charge < -0.3 is 0 Å². The summed E-state index contributed by atoms with van der Waals surface area (Å²) in [5.74, 6) is -0.638. The maximum atomic E-state index is 12.6. The molecule has 0 unspecified atom stereocenters. The molecule has 0 aliphatic heterocycles. The summed E-state index contributed by atoms with van der Waals surface area (Å²) in [5.41, 5.74) is 0.318. The van der Waals surface area contributed by atoms with Gasteiger partial charge in [-0.15, -0.1) is 0 Å². The maximum absolute atomic E-state index is 12.6. The van der Waals surface area contributed by atoms with E-state index in [1.807, 2.05) is 0 Å². The molecule has 0 amide bonds. The molecule has 1 heterocycles. The highest BCUT2D eigenvalue weighted by molar-refractivity contribution is 7.90. The van der Waals surface area contributed by atoms with E-state index >= 15 is 0 Å². The van der Waals surface area contributed by atoms with Gasteiger partial charge >= 0.3 is 0 Å². The number of hydrogen-bond donors (Lipinski definition) is 0. The third kappa shape index (κ3) is 1.79. The summed E-state index contributed by atoms with van der Waals surface area (Å²) in [7, 11) is -3.36. The largest absolute Gasteiger partial charge is 0.257 e. The minimum atomic E-state index is -3.36. The number of pyridine rings is 1. The van der Waals surface area contributed by atoms with Gasteiger partial charge in [0.05, 0.1) is 16.8 Å². The Balaban J connectivity index is 3.43. The van der Waals surface area contributed by atoms with Crippen molar-refractivity contribution in [1.82, 2.24) is 4.98 Å². The molecule has 5 heteroatoms. The van der Waals surface area contributed by atoms with Crippen LogP contribution in [-0.4, -0.2) is 19.7 Å². The number of aryl methyl sites for hydroxylation is 1. The minimum absolute atomic E-state index is 0.0532. The van der Waals surface area contributed by atoms with Crippen molar-refractivity contribution in [3.05, 3.63) is 23.8 Å². The van der Waals surface area contributed by atoms with Crippen LogP contribution in [0.25, 0.3) is 0 Å². The molecule has 1 aromatic rings. The Morgan fingerprint density at radius 2 is 2.08 bits per heavy atom. The lowest BCUT2D eigenvalue weighted by atomic mass is 10.4. The third-order valence-corrected chi connectivity index (χ3v) is 2.62. The zero-order chi connectivity index (χ0) is 9.35. The van der Waals surface area contributed by atoms with Crippen LogP contribution in [0, 0.1) is 12.7 Å². The first-order chi connectivity index (χ1) is 5.41. The van der Waals surface area contributed by atoms with E-state index in [2.05, 4.69) is 4.98 Å². The van der Waals surface area contributed by atoms with Gasteiger partial charge in [-0.25, -0.2) is 12.8 Å². The number of nitrogens with zero attached hydrogens (tertiary/aromatic N) is 1. The summed E-state index contributed by atoms with van der Waals surface area (Å²) in [4.78, 5) is 3.54. The molecule has 0 saturated heterocycles. The molecule has 3 nitrogen and oxygen atoms in total. The van der Waals surface area contributed by atoms with E-state index in [0.29, 0.717) is 5.69 Å². The highest BCUT2D eigenvalue weighted by Gasteiger charge is 2.12. The predicted octanol–water partition coefficient (Wildman–Crippen LogP) is 0.933. The average Bonchev–Trinajstić information content (AvgIpc) is 1.92. The van der Waals surface area contributed by atoms with Crippen LogP contribution in [-0.2, 0) is 9.84 Å². The van der Waals surface area contributed by atoms with Gasteiger partial charge in [0.15, 0.2) is 9.84 Å². The third-order valence-electron chi connectivity index (χ3n) is 1.41. The van der Waals surface area contributed by atoms with Gasteiger partial charge in [0.25, 0.3) is 0 Å². The molecule has 0 fully saturated rings. The van der Waals surface area contributed by atoms with E-state index in [0.717, 1.165) is 18.5 Å². The molecule has 0 aliphatic rings. The molecule has 66 valence electrons. The SMILES string of the molecule is Cc1ncc(F)cc1S(C)(=O)=O. The fourth-order valence-electron chi connectivity index (χ4n) is 0.864. The van der Waals surface area contributed by atoms with Crippen LogP contribution in [0.4, 0.5) is 4.39 Å². The lowest BCUT2D eigenvalue weighted by Gasteiger charge is -2.00. The minimum Gasteiger partial charge on any atom is -0.257 e. The van der Waals surface area contributed by atoms with E-state index in [1.54, 1.807) is 0 Å². The zero-order valence-electron chi connectivity index (χ0n) is 6.70. The van der Waals surface area contributed by atoms with E-state index < -0.39 is 15.7 Å². The van der Waals surface area contributed by atoms with E-state index in [-0.39, 0.29) is 4.90 Å². The lowest BCUT2D eigenvalue weighted by molar-refractivity contribution is 0.591. The van der Waals surface area contributed by atoms with Crippen LogP contribution >= 0.6 is 0 Å². The van der Waals surface area contributed by atoms with Crippen LogP contribution in [0.15, 0.2) is 17.2 Å². The number of aromatic nitrogens is 1. The summed E-state index contributed by atoms with van der Waals surface area (Å²) in [6.07, 6.45) is 2.01. The van der Waals surface area contributed by atoms with Gasteiger partial charge in [0, 0.05) is 6.26 Å². The molecule has 1 rings (SSSR count). The van der Waals surface area contributed by atoms with Crippen molar-refractivity contribution < 1.29 is 12.8 Å². The first-order valence-electron chi connectivity index (χ1n) is 3.23. The van der Waals surface area contributed by atoms with Crippen LogP contribution < -0.4 is 0 Å². The first-order valence-corrected chi connectivity index (χ1v) is 5.12. The Kier molecular flexibility index (Phi) is 2.14. The Morgan fingerprint density at radius 1 is 1.50 bits per heavy atom. The van der Waals surface area contributed by atoms with Gasteiger partial charge in [-0.05, 0) is 13.0 Å². The monoisotopic (exact) mass is 189 g/mol. The molecule has 0 N–H and O–H groups in total. The first kappa shape index (κ1) is 9.12. The van der Waals surface area contributed by atoms with Crippen LogP contribution in [0.3, 0.4) is 0 Å². The number of hydrogen-bond acceptors (Lipinski definition) is 3. The highest BCUT2D eigenvalue weighted by Crippen LogP contribution is 2.12. The topological polar surface area (TPSA) is 47.0 Å². The molecule has 12 heavy (non-hydrogen) atoms. The fraction of sp³-hybridized carbons (Fsp3) is 0.286. The second-order valence-corrected chi connectivity index (χ2v) is 4.49. The van der Waals surface area contributed by atoms with Crippen molar-refractivity contribution in [2.24, 2.45) is 0 Å². The quantitative estimate of drug-likeness (QED) is 0.660. The summed E-state index contributed by atoms with van der Waals surface area (Å²) >= 11 is 0. The summed E-state index contributed by atoms with van der Waals surface area (Å²) in [6, 6.07) is 0.970. The number of sulfone groups is 1. The highest BCUT2D eigenvalue weighted by atomic mass is 32.2. The Morgan fingerprint density at radius 3 is 2.50 bits per heavy atom. The number of halogens is 1. The fourth-order valence-corrected chi connectivity index (χ4v) is 1.78. The second-order valence-electron chi connectivity index (χ2n) is 2.51. The molecule has 0 bridgehead atoms. The van der Waals surface area contributed by atoms with Crippen molar-refractivity contribution in [2.75, 3.05) is 6.26 Å². The van der Waals surface area contributed by atoms with Crippen LogP contribution in [0.2, 0.25) is 0 Å². The normalized spacial score (nSPS) is 11.6. The maximum Gasteiger partial charge on any atom is 0.177 e. The van der Waals surface area contributed by atoms with E-state index in [9.17, 15) is 12.8 Å². The van der Waals surface area contributed by atoms with Gasteiger partial charge in [-0.1, -0.05) is 0 Å². The molecule has 0 spiro atoms. The molecule has 1 aromatic heterocycles. The molecular formula is C7H8FNO2S. The molecule has 0 saturated carbocycles. The van der Waals surface area contributed by atoms with Gasteiger partial charge in [0.2, 0.25) is 0 Å². The molecule has 0 aliphatic carbocycles. The van der Waals surface area contributed by atoms with Gasteiger partial charge in [0.1, 0.15) is 5.82 Å². The summed E-state index contributed by atoms with van der Waals surface area (Å²) in [5, 5.41) is 0. The lowest BCUT2D eigenvalue weighted by Crippen LogP contribution is -2.02. The van der Waals surface area contributed by atoms with E-state index in [4.69, 9.17) is 0 Å². The van der Waals surface area contributed by atoms with Crippen molar-refractivity contribution in [2.45, 2.75) is 11.8 Å². The smallest absolute Gasteiger partial charge is 0.177 e. The Labute approximate surface area is 70.2 Å². The van der Waals surface area contributed by atoms with Crippen LogP contribution in [0.5, 0.6) is 0 Å². The van der Waals surface area contributed by atoms with Crippen molar-refractivity contribution >= 4 is 9.84 Å². The van der Waals surface area contributed by atoms with Crippen molar-refractivity contribution in [1.29, 1.82) is 0 Å². The molecule has 0 atom stereocenters. The standard InChI is InChI=1S/C7H8FNO2S/c1-5-7(12(2,10)11)3-6(8)4-9-5/h3-4H,1-2H3. The zero-order valence-corrected chi connectivity index (χ0v) is 7.52. The predicted molar refractivity (Wildman–Crippen MR) is 42.0 cm³/mol. The molecule has 0 aromatic carbocycles. The van der Waals surface area contributed by atoms with E-state index in [1.165, 1.54) is 6.92 Å². The van der Waals surface area contributed by atoms with Crippen molar-refractivity contribution in [3.8, 4) is 0 Å². The summed E-state index contributed by atoms with van der Waals surface area (Å²) in [6.45, 7) is 1.52. The van der Waals surface area contributed by atoms with Crippen molar-refractivity contribution in [3.63, 3.8) is 0 Å². The van der Waals surface area contributed by atoms with Crippen LogP contribution in [0.1, 0.15) is 5.69 Å². The summed E-state index contributed by atoms with van der Waals surface area (Å²) < 4.78 is 34.5. The molecular weight excluding hydrogens is 181 g/mol. The molecule has 0 radical (unpaired) electrons. The number of rotatable bonds is 1. The average molecular weight is 189 g/mol. The second kappa shape index (κ2) is 2.82.